The molecule has 1 N–H and O–H groups in total. The molecule has 2 rings (SSSR count). The fraction of sp³-hybridized carbons (Fsp3) is 0.111. The first-order valence-corrected chi connectivity index (χ1v) is 5.02. The predicted octanol–water partition coefficient (Wildman–Crippen LogP) is 1.95. The van der Waals surface area contributed by atoms with E-state index < -0.39 is 5.97 Å². The lowest BCUT2D eigenvalue weighted by Gasteiger charge is -1.97. The van der Waals surface area contributed by atoms with Crippen LogP contribution in [0.5, 0.6) is 0 Å². The van der Waals surface area contributed by atoms with E-state index in [1.807, 2.05) is 12.3 Å². The number of ether oxygens (including phenoxy) is 1. The average Bonchev–Trinajstić information content (AvgIpc) is 2.59. The van der Waals surface area contributed by atoms with E-state index in [0.717, 1.165) is 14.6 Å². The number of fused-ring (bicyclic) bond motifs is 1. The minimum absolute atomic E-state index is 0.331. The maximum absolute atomic E-state index is 11.2. The Balaban J connectivity index is 2.60. The van der Waals surface area contributed by atoms with Crippen molar-refractivity contribution in [1.82, 2.24) is 9.97 Å². The highest BCUT2D eigenvalue weighted by molar-refractivity contribution is 14.1. The van der Waals surface area contributed by atoms with E-state index in [1.165, 1.54) is 7.11 Å². The van der Waals surface area contributed by atoms with Crippen LogP contribution in [-0.4, -0.2) is 23.0 Å². The SMILES string of the molecule is COC(=O)c1ccc2[nH]cc(I)c2n1. The van der Waals surface area contributed by atoms with Crippen molar-refractivity contribution in [2.45, 2.75) is 0 Å². The Morgan fingerprint density at radius 3 is 3.07 bits per heavy atom. The first-order valence-electron chi connectivity index (χ1n) is 3.94. The van der Waals surface area contributed by atoms with Crippen LogP contribution in [0.25, 0.3) is 11.0 Å². The van der Waals surface area contributed by atoms with Gasteiger partial charge in [0, 0.05) is 6.20 Å². The molecule has 0 saturated heterocycles. The lowest BCUT2D eigenvalue weighted by molar-refractivity contribution is 0.0594. The first-order chi connectivity index (χ1) is 6.72. The summed E-state index contributed by atoms with van der Waals surface area (Å²) in [5.41, 5.74) is 2.05. The molecular formula is C9H7IN2O2. The van der Waals surface area contributed by atoms with Crippen molar-refractivity contribution < 1.29 is 9.53 Å². The van der Waals surface area contributed by atoms with E-state index in [0.29, 0.717) is 5.69 Å². The van der Waals surface area contributed by atoms with Crippen LogP contribution in [0, 0.1) is 3.57 Å². The standard InChI is InChI=1S/C9H7IN2O2/c1-14-9(13)7-3-2-6-8(12-7)5(10)4-11-6/h2-4,11H,1H3. The maximum Gasteiger partial charge on any atom is 0.356 e. The molecule has 0 aliphatic heterocycles. The number of halogens is 1. The van der Waals surface area contributed by atoms with Crippen LogP contribution in [-0.2, 0) is 4.74 Å². The summed E-state index contributed by atoms with van der Waals surface area (Å²) >= 11 is 2.16. The number of rotatable bonds is 1. The van der Waals surface area contributed by atoms with Crippen LogP contribution in [0.3, 0.4) is 0 Å². The Kier molecular flexibility index (Phi) is 2.40. The molecule has 2 aromatic rings. The van der Waals surface area contributed by atoms with Gasteiger partial charge in [-0.3, -0.25) is 0 Å². The Hall–Kier alpha value is -1.11. The fourth-order valence-electron chi connectivity index (χ4n) is 1.19. The lowest BCUT2D eigenvalue weighted by atomic mass is 10.3. The smallest absolute Gasteiger partial charge is 0.356 e. The third-order valence-electron chi connectivity index (χ3n) is 1.87. The van der Waals surface area contributed by atoms with E-state index in [9.17, 15) is 4.79 Å². The van der Waals surface area contributed by atoms with Gasteiger partial charge < -0.3 is 9.72 Å². The zero-order chi connectivity index (χ0) is 10.1. The summed E-state index contributed by atoms with van der Waals surface area (Å²) in [6.07, 6.45) is 1.85. The Morgan fingerprint density at radius 1 is 1.57 bits per heavy atom. The number of hydrogen-bond acceptors (Lipinski definition) is 3. The number of hydrogen-bond donors (Lipinski definition) is 1. The molecule has 0 aliphatic rings. The maximum atomic E-state index is 11.2. The van der Waals surface area contributed by atoms with Crippen LogP contribution >= 0.6 is 22.6 Å². The van der Waals surface area contributed by atoms with Gasteiger partial charge in [-0.15, -0.1) is 0 Å². The second kappa shape index (κ2) is 3.56. The van der Waals surface area contributed by atoms with Crippen molar-refractivity contribution in [3.8, 4) is 0 Å². The molecule has 0 unspecified atom stereocenters. The second-order valence-electron chi connectivity index (χ2n) is 2.72. The highest BCUT2D eigenvalue weighted by Crippen LogP contribution is 2.18. The van der Waals surface area contributed by atoms with Crippen molar-refractivity contribution in [3.63, 3.8) is 0 Å². The largest absolute Gasteiger partial charge is 0.464 e. The molecule has 0 aliphatic carbocycles. The molecule has 0 amide bonds. The molecule has 14 heavy (non-hydrogen) atoms. The normalized spacial score (nSPS) is 10.4. The van der Waals surface area contributed by atoms with Gasteiger partial charge in [0.15, 0.2) is 0 Å². The molecule has 0 aromatic carbocycles. The number of aromatic amines is 1. The fourth-order valence-corrected chi connectivity index (χ4v) is 1.75. The Bertz CT molecular complexity index is 493. The molecule has 0 radical (unpaired) electrons. The number of esters is 1. The van der Waals surface area contributed by atoms with Crippen LogP contribution in [0.2, 0.25) is 0 Å². The number of nitrogens with one attached hydrogen (secondary N) is 1. The number of aromatic nitrogens is 2. The van der Waals surface area contributed by atoms with E-state index in [1.54, 1.807) is 6.07 Å². The minimum Gasteiger partial charge on any atom is -0.464 e. The van der Waals surface area contributed by atoms with Gasteiger partial charge in [-0.25, -0.2) is 9.78 Å². The molecule has 0 saturated carbocycles. The summed E-state index contributed by atoms with van der Waals surface area (Å²) in [6, 6.07) is 3.46. The van der Waals surface area contributed by atoms with Crippen molar-refractivity contribution in [2.75, 3.05) is 7.11 Å². The van der Waals surface area contributed by atoms with Crippen molar-refractivity contribution in [2.24, 2.45) is 0 Å². The van der Waals surface area contributed by atoms with E-state index >= 15 is 0 Å². The number of methoxy groups -OCH3 is 1. The van der Waals surface area contributed by atoms with Gasteiger partial charge >= 0.3 is 5.97 Å². The third-order valence-corrected chi connectivity index (χ3v) is 2.69. The zero-order valence-corrected chi connectivity index (χ0v) is 9.53. The summed E-state index contributed by atoms with van der Waals surface area (Å²) in [5.74, 6) is -0.413. The quantitative estimate of drug-likeness (QED) is 0.647. The molecule has 0 spiro atoms. The molecule has 72 valence electrons. The van der Waals surface area contributed by atoms with Gasteiger partial charge in [0.2, 0.25) is 0 Å². The minimum atomic E-state index is -0.413. The zero-order valence-electron chi connectivity index (χ0n) is 7.37. The summed E-state index contributed by atoms with van der Waals surface area (Å²) in [5, 5.41) is 0. The topological polar surface area (TPSA) is 55.0 Å². The van der Waals surface area contributed by atoms with Crippen molar-refractivity contribution in [1.29, 1.82) is 0 Å². The Morgan fingerprint density at radius 2 is 2.36 bits per heavy atom. The number of nitrogens with zero attached hydrogens (tertiary/aromatic N) is 1. The van der Waals surface area contributed by atoms with Gasteiger partial charge in [-0.05, 0) is 34.7 Å². The molecule has 2 aromatic heterocycles. The molecule has 2 heterocycles. The highest BCUT2D eigenvalue weighted by atomic mass is 127. The van der Waals surface area contributed by atoms with E-state index in [2.05, 4.69) is 37.3 Å². The number of carbonyl (C=O) groups is 1. The summed E-state index contributed by atoms with van der Waals surface area (Å²) < 4.78 is 5.58. The second-order valence-corrected chi connectivity index (χ2v) is 3.88. The first kappa shape index (κ1) is 9.45. The van der Waals surface area contributed by atoms with Crippen LogP contribution in [0.4, 0.5) is 0 Å². The van der Waals surface area contributed by atoms with Crippen LogP contribution in [0.1, 0.15) is 10.5 Å². The van der Waals surface area contributed by atoms with Gasteiger partial charge in [0.05, 0.1) is 16.2 Å². The summed E-state index contributed by atoms with van der Waals surface area (Å²) in [4.78, 5) is 18.4. The summed E-state index contributed by atoms with van der Waals surface area (Å²) in [6.45, 7) is 0. The third kappa shape index (κ3) is 1.47. The van der Waals surface area contributed by atoms with Gasteiger partial charge in [-0.2, -0.15) is 0 Å². The monoisotopic (exact) mass is 302 g/mol. The highest BCUT2D eigenvalue weighted by Gasteiger charge is 2.09. The van der Waals surface area contributed by atoms with Gasteiger partial charge in [0.25, 0.3) is 0 Å². The predicted molar refractivity (Wildman–Crippen MR) is 60.2 cm³/mol. The Labute approximate surface area is 93.8 Å². The van der Waals surface area contributed by atoms with E-state index in [-0.39, 0.29) is 0 Å². The molecule has 0 bridgehead atoms. The summed E-state index contributed by atoms with van der Waals surface area (Å²) in [7, 11) is 1.34. The molecule has 4 nitrogen and oxygen atoms in total. The number of pyridine rings is 1. The van der Waals surface area contributed by atoms with Crippen molar-refractivity contribution in [3.05, 3.63) is 27.6 Å². The lowest BCUT2D eigenvalue weighted by Crippen LogP contribution is -2.03. The van der Waals surface area contributed by atoms with Crippen LogP contribution in [0.15, 0.2) is 18.3 Å². The average molecular weight is 302 g/mol. The number of carbonyl (C=O) groups excluding carboxylic acids is 1. The molecule has 5 heteroatoms. The van der Waals surface area contributed by atoms with Crippen LogP contribution < -0.4 is 0 Å². The van der Waals surface area contributed by atoms with Crippen molar-refractivity contribution >= 4 is 39.6 Å². The molecular weight excluding hydrogens is 295 g/mol. The van der Waals surface area contributed by atoms with E-state index in [4.69, 9.17) is 0 Å². The van der Waals surface area contributed by atoms with Gasteiger partial charge in [0.1, 0.15) is 11.2 Å². The molecule has 0 atom stereocenters. The van der Waals surface area contributed by atoms with Gasteiger partial charge in [-0.1, -0.05) is 0 Å². The number of H-pyrrole nitrogens is 1. The molecule has 0 fully saturated rings.